The van der Waals surface area contributed by atoms with Gasteiger partial charge in [-0.2, -0.15) is 0 Å². The zero-order valence-electron chi connectivity index (χ0n) is 5.78. The largest absolute Gasteiger partial charge is 0.480 e. The van der Waals surface area contributed by atoms with Crippen LogP contribution in [0.4, 0.5) is 0 Å². The molecule has 1 aromatic rings. The summed E-state index contributed by atoms with van der Waals surface area (Å²) in [5.41, 5.74) is 0. The summed E-state index contributed by atoms with van der Waals surface area (Å²) in [4.78, 5) is 14.1. The summed E-state index contributed by atoms with van der Waals surface area (Å²) in [6.07, 6.45) is 0. The molecule has 11 heavy (non-hydrogen) atoms. The van der Waals surface area contributed by atoms with Gasteiger partial charge in [0.25, 0.3) is 0 Å². The second kappa shape index (κ2) is 3.00. The van der Waals surface area contributed by atoms with Crippen molar-refractivity contribution in [3.8, 4) is 0 Å². The maximum atomic E-state index is 10.2. The second-order valence-corrected chi connectivity index (χ2v) is 2.69. The van der Waals surface area contributed by atoms with E-state index in [9.17, 15) is 4.79 Å². The highest BCUT2D eigenvalue weighted by Gasteiger charge is 2.05. The van der Waals surface area contributed by atoms with Crippen LogP contribution < -0.4 is 0 Å². The van der Waals surface area contributed by atoms with E-state index >= 15 is 0 Å². The molecule has 0 aliphatic carbocycles. The van der Waals surface area contributed by atoms with Gasteiger partial charge in [-0.25, -0.2) is 9.67 Å². The van der Waals surface area contributed by atoms with Crippen molar-refractivity contribution in [1.29, 1.82) is 0 Å². The van der Waals surface area contributed by atoms with Gasteiger partial charge in [0.05, 0.1) is 0 Å². The van der Waals surface area contributed by atoms with E-state index in [0.29, 0.717) is 10.6 Å². The molecule has 0 atom stereocenters. The molecule has 0 saturated carbocycles. The fraction of sp³-hybridized carbons (Fsp3) is 0.400. The molecule has 0 spiro atoms. The lowest BCUT2D eigenvalue weighted by molar-refractivity contribution is -0.137. The van der Waals surface area contributed by atoms with Crippen LogP contribution in [0.5, 0.6) is 0 Å². The van der Waals surface area contributed by atoms with Crippen molar-refractivity contribution < 1.29 is 9.90 Å². The second-order valence-electron chi connectivity index (χ2n) is 1.98. The van der Waals surface area contributed by atoms with Crippen molar-refractivity contribution in [3.05, 3.63) is 10.6 Å². The van der Waals surface area contributed by atoms with E-state index in [1.165, 1.54) is 4.68 Å². The van der Waals surface area contributed by atoms with Crippen LogP contribution in [0.1, 0.15) is 5.82 Å². The molecule has 0 saturated heterocycles. The van der Waals surface area contributed by atoms with Crippen molar-refractivity contribution >= 4 is 21.9 Å². The van der Waals surface area contributed by atoms with Crippen LogP contribution in [-0.4, -0.2) is 25.8 Å². The molecule has 60 valence electrons. The molecule has 6 heteroatoms. The van der Waals surface area contributed by atoms with E-state index in [-0.39, 0.29) is 6.54 Å². The summed E-state index contributed by atoms with van der Waals surface area (Å²) < 4.78 is 1.73. The first kappa shape index (κ1) is 8.19. The predicted octanol–water partition coefficient (Wildman–Crippen LogP) is 0.434. The third-order valence-corrected chi connectivity index (χ3v) is 1.45. The predicted molar refractivity (Wildman–Crippen MR) is 40.1 cm³/mol. The number of rotatable bonds is 2. The van der Waals surface area contributed by atoms with Crippen LogP contribution in [0, 0.1) is 6.92 Å². The summed E-state index contributed by atoms with van der Waals surface area (Å²) in [6.45, 7) is 1.55. The summed E-state index contributed by atoms with van der Waals surface area (Å²) in [5.74, 6) is -0.343. The maximum Gasteiger partial charge on any atom is 0.325 e. The molecule has 0 aliphatic rings. The van der Waals surface area contributed by atoms with E-state index in [4.69, 9.17) is 5.11 Å². The number of aryl methyl sites for hydroxylation is 1. The Morgan fingerprint density at radius 1 is 1.82 bits per heavy atom. The number of halogens is 1. The molecule has 1 rings (SSSR count). The van der Waals surface area contributed by atoms with Crippen LogP contribution in [-0.2, 0) is 11.3 Å². The molecule has 1 N–H and O–H groups in total. The Morgan fingerprint density at radius 3 is 2.82 bits per heavy atom. The van der Waals surface area contributed by atoms with Gasteiger partial charge in [-0.05, 0) is 22.9 Å². The number of aromatic nitrogens is 3. The molecule has 0 aromatic carbocycles. The van der Waals surface area contributed by atoms with Crippen molar-refractivity contribution in [1.82, 2.24) is 14.8 Å². The summed E-state index contributed by atoms with van der Waals surface area (Å²) >= 11 is 3.04. The minimum atomic E-state index is -0.925. The molecular weight excluding hydrogens is 214 g/mol. The normalized spacial score (nSPS) is 10.0. The van der Waals surface area contributed by atoms with Crippen LogP contribution >= 0.6 is 15.9 Å². The van der Waals surface area contributed by atoms with Gasteiger partial charge in [-0.15, -0.1) is 5.10 Å². The lowest BCUT2D eigenvalue weighted by Crippen LogP contribution is -2.11. The van der Waals surface area contributed by atoms with E-state index in [1.807, 2.05) is 0 Å². The summed E-state index contributed by atoms with van der Waals surface area (Å²) in [7, 11) is 0. The molecule has 1 aromatic heterocycles. The van der Waals surface area contributed by atoms with Crippen LogP contribution in [0.15, 0.2) is 4.73 Å². The number of carboxylic acids is 1. The third kappa shape index (κ3) is 2.01. The average Bonchev–Trinajstić information content (AvgIpc) is 2.09. The topological polar surface area (TPSA) is 68.0 Å². The Kier molecular flexibility index (Phi) is 2.23. The molecule has 0 unspecified atom stereocenters. The van der Waals surface area contributed by atoms with E-state index in [1.54, 1.807) is 6.92 Å². The van der Waals surface area contributed by atoms with Gasteiger partial charge >= 0.3 is 5.97 Å². The van der Waals surface area contributed by atoms with Gasteiger partial charge in [0.15, 0.2) is 0 Å². The summed E-state index contributed by atoms with van der Waals surface area (Å²) in [5, 5.41) is 12.2. The Bertz CT molecular complexity index is 283. The number of hydrogen-bond donors (Lipinski definition) is 1. The molecule has 1 heterocycles. The lowest BCUT2D eigenvalue weighted by Gasteiger charge is -1.95. The van der Waals surface area contributed by atoms with E-state index in [0.717, 1.165) is 0 Å². The first-order chi connectivity index (χ1) is 5.09. The Labute approximate surface area is 71.2 Å². The quantitative estimate of drug-likeness (QED) is 0.784. The molecule has 0 bridgehead atoms. The number of hydrogen-bond acceptors (Lipinski definition) is 3. The van der Waals surface area contributed by atoms with Gasteiger partial charge in [0.1, 0.15) is 12.4 Å². The van der Waals surface area contributed by atoms with Crippen molar-refractivity contribution in [2.75, 3.05) is 0 Å². The highest BCUT2D eigenvalue weighted by Crippen LogP contribution is 2.03. The van der Waals surface area contributed by atoms with Gasteiger partial charge in [-0.3, -0.25) is 4.79 Å². The molecule has 0 amide bonds. The molecule has 5 nitrogen and oxygen atoms in total. The number of aliphatic carboxylic acids is 1. The standard InChI is InChI=1S/C5H6BrN3O2/c1-3-7-5(6)8-9(3)2-4(10)11/h2H2,1H3,(H,10,11). The lowest BCUT2D eigenvalue weighted by atomic mass is 10.6. The molecule has 0 radical (unpaired) electrons. The fourth-order valence-corrected chi connectivity index (χ4v) is 1.11. The fourth-order valence-electron chi connectivity index (χ4n) is 0.663. The minimum Gasteiger partial charge on any atom is -0.480 e. The van der Waals surface area contributed by atoms with Gasteiger partial charge in [0.2, 0.25) is 4.73 Å². The van der Waals surface area contributed by atoms with Crippen LogP contribution in [0.3, 0.4) is 0 Å². The van der Waals surface area contributed by atoms with Gasteiger partial charge < -0.3 is 5.11 Å². The van der Waals surface area contributed by atoms with Crippen LogP contribution in [0.2, 0.25) is 0 Å². The van der Waals surface area contributed by atoms with Crippen LogP contribution in [0.25, 0.3) is 0 Å². The monoisotopic (exact) mass is 219 g/mol. The van der Waals surface area contributed by atoms with Gasteiger partial charge in [-0.1, -0.05) is 0 Å². The Morgan fingerprint density at radius 2 is 2.45 bits per heavy atom. The Balaban J connectivity index is 2.85. The molecule has 0 fully saturated rings. The highest BCUT2D eigenvalue weighted by molar-refractivity contribution is 9.10. The Hall–Kier alpha value is -0.910. The van der Waals surface area contributed by atoms with Gasteiger partial charge in [0, 0.05) is 0 Å². The number of carbonyl (C=O) groups is 1. The third-order valence-electron chi connectivity index (χ3n) is 1.12. The zero-order valence-corrected chi connectivity index (χ0v) is 7.37. The van der Waals surface area contributed by atoms with E-state index in [2.05, 4.69) is 26.0 Å². The number of carboxylic acid groups (broad SMARTS) is 1. The molecule has 0 aliphatic heterocycles. The number of nitrogens with zero attached hydrogens (tertiary/aromatic N) is 3. The highest BCUT2D eigenvalue weighted by atomic mass is 79.9. The van der Waals surface area contributed by atoms with Crippen molar-refractivity contribution in [2.45, 2.75) is 13.5 Å². The smallest absolute Gasteiger partial charge is 0.325 e. The minimum absolute atomic E-state index is 0.148. The van der Waals surface area contributed by atoms with Crippen molar-refractivity contribution in [2.24, 2.45) is 0 Å². The zero-order chi connectivity index (χ0) is 8.43. The first-order valence-electron chi connectivity index (χ1n) is 2.88. The summed E-state index contributed by atoms with van der Waals surface area (Å²) in [6, 6.07) is 0. The average molecular weight is 220 g/mol. The maximum absolute atomic E-state index is 10.2. The van der Waals surface area contributed by atoms with Crippen molar-refractivity contribution in [3.63, 3.8) is 0 Å². The SMILES string of the molecule is Cc1nc(Br)nn1CC(=O)O. The first-order valence-corrected chi connectivity index (χ1v) is 3.67. The molecular formula is C5H6BrN3O2. The van der Waals surface area contributed by atoms with E-state index < -0.39 is 5.97 Å².